The van der Waals surface area contributed by atoms with Crippen molar-refractivity contribution in [3.63, 3.8) is 0 Å². The molecular formula is C17H23ClN2O. The molecule has 2 aromatic rings. The number of nitrogens with one attached hydrogen (secondary N) is 2. The van der Waals surface area contributed by atoms with Crippen LogP contribution in [0.4, 0.5) is 0 Å². The molecule has 114 valence electrons. The lowest BCUT2D eigenvalue weighted by Crippen LogP contribution is -3.05. The maximum Gasteiger partial charge on any atom is 0.251 e. The van der Waals surface area contributed by atoms with E-state index in [0.717, 1.165) is 42.3 Å². The summed E-state index contributed by atoms with van der Waals surface area (Å²) in [5, 5.41) is 5.26. The summed E-state index contributed by atoms with van der Waals surface area (Å²) in [6.07, 6.45) is 2.17. The highest BCUT2D eigenvalue weighted by Gasteiger charge is 2.05. The van der Waals surface area contributed by atoms with Crippen molar-refractivity contribution in [1.82, 2.24) is 5.32 Å². The van der Waals surface area contributed by atoms with E-state index >= 15 is 0 Å². The van der Waals surface area contributed by atoms with E-state index in [-0.39, 0.29) is 18.3 Å². The van der Waals surface area contributed by atoms with Gasteiger partial charge >= 0.3 is 0 Å². The SMILES string of the molecule is C[NH+](C)CCCCNC(=O)c1ccc2ccccc2c1.[Cl-]. The van der Waals surface area contributed by atoms with Crippen LogP contribution in [0.25, 0.3) is 10.8 Å². The smallest absolute Gasteiger partial charge is 0.251 e. The summed E-state index contributed by atoms with van der Waals surface area (Å²) in [7, 11) is 4.29. The summed E-state index contributed by atoms with van der Waals surface area (Å²) in [4.78, 5) is 13.5. The van der Waals surface area contributed by atoms with Crippen molar-refractivity contribution in [2.45, 2.75) is 12.8 Å². The fraction of sp³-hybridized carbons (Fsp3) is 0.353. The minimum atomic E-state index is 0. The molecule has 0 radical (unpaired) electrons. The van der Waals surface area contributed by atoms with Gasteiger partial charge in [-0.2, -0.15) is 0 Å². The molecule has 2 rings (SSSR count). The molecule has 0 fully saturated rings. The normalized spacial score (nSPS) is 10.4. The van der Waals surface area contributed by atoms with Crippen molar-refractivity contribution in [2.24, 2.45) is 0 Å². The van der Waals surface area contributed by atoms with E-state index < -0.39 is 0 Å². The Kier molecular flexibility index (Phi) is 7.20. The molecule has 0 unspecified atom stereocenters. The first kappa shape index (κ1) is 17.5. The van der Waals surface area contributed by atoms with E-state index in [1.54, 1.807) is 0 Å². The lowest BCUT2D eigenvalue weighted by atomic mass is 10.1. The molecule has 3 nitrogen and oxygen atoms in total. The first-order valence-corrected chi connectivity index (χ1v) is 7.23. The Morgan fingerprint density at radius 3 is 2.48 bits per heavy atom. The van der Waals surface area contributed by atoms with Crippen LogP contribution >= 0.6 is 0 Å². The molecule has 0 saturated carbocycles. The van der Waals surface area contributed by atoms with Gasteiger partial charge in [0.1, 0.15) is 0 Å². The predicted octanol–water partition coefficient (Wildman–Crippen LogP) is -1.50. The topological polar surface area (TPSA) is 33.5 Å². The highest BCUT2D eigenvalue weighted by atomic mass is 35.5. The number of carbonyl (C=O) groups excluding carboxylic acids is 1. The Hall–Kier alpha value is -1.58. The summed E-state index contributed by atoms with van der Waals surface area (Å²) >= 11 is 0. The van der Waals surface area contributed by atoms with Crippen LogP contribution in [0.15, 0.2) is 42.5 Å². The Morgan fingerprint density at radius 1 is 1.05 bits per heavy atom. The minimum Gasteiger partial charge on any atom is -1.00 e. The molecule has 21 heavy (non-hydrogen) atoms. The van der Waals surface area contributed by atoms with Gasteiger partial charge in [-0.3, -0.25) is 4.79 Å². The number of unbranched alkanes of at least 4 members (excludes halogenated alkanes) is 1. The first-order chi connectivity index (χ1) is 9.66. The Balaban J connectivity index is 0.00000220. The van der Waals surface area contributed by atoms with Crippen LogP contribution in [0.2, 0.25) is 0 Å². The molecule has 2 aromatic carbocycles. The summed E-state index contributed by atoms with van der Waals surface area (Å²) in [5.41, 5.74) is 0.738. The van der Waals surface area contributed by atoms with Gasteiger partial charge in [0, 0.05) is 12.1 Å². The van der Waals surface area contributed by atoms with E-state index in [9.17, 15) is 4.79 Å². The number of hydrogen-bond donors (Lipinski definition) is 2. The predicted molar refractivity (Wildman–Crippen MR) is 83.2 cm³/mol. The molecule has 0 spiro atoms. The average molecular weight is 307 g/mol. The van der Waals surface area contributed by atoms with Crippen LogP contribution in [0, 0.1) is 0 Å². The quantitative estimate of drug-likeness (QED) is 0.626. The van der Waals surface area contributed by atoms with Crippen molar-refractivity contribution in [3.8, 4) is 0 Å². The Bertz CT molecular complexity index is 584. The zero-order chi connectivity index (χ0) is 14.4. The van der Waals surface area contributed by atoms with Crippen LogP contribution in [0.1, 0.15) is 23.2 Å². The molecule has 0 aliphatic rings. The zero-order valence-corrected chi connectivity index (χ0v) is 13.4. The standard InChI is InChI=1S/C17H22N2O.ClH/c1-19(2)12-6-5-11-18-17(20)16-10-9-14-7-3-4-8-15(14)13-16;/h3-4,7-10,13H,5-6,11-12H2,1-2H3,(H,18,20);1H. The van der Waals surface area contributed by atoms with Crippen LogP contribution in [0.3, 0.4) is 0 Å². The number of rotatable bonds is 6. The second kappa shape index (κ2) is 8.65. The van der Waals surface area contributed by atoms with Gasteiger partial charge in [-0.25, -0.2) is 0 Å². The largest absolute Gasteiger partial charge is 1.00 e. The minimum absolute atomic E-state index is 0. The van der Waals surface area contributed by atoms with Gasteiger partial charge in [-0.15, -0.1) is 0 Å². The molecule has 0 aliphatic heterocycles. The Labute approximate surface area is 132 Å². The van der Waals surface area contributed by atoms with Crippen molar-refractivity contribution >= 4 is 16.7 Å². The van der Waals surface area contributed by atoms with Gasteiger partial charge in [-0.05, 0) is 35.7 Å². The van der Waals surface area contributed by atoms with Crippen LogP contribution in [-0.2, 0) is 0 Å². The second-order valence-electron chi connectivity index (χ2n) is 5.48. The number of carbonyl (C=O) groups is 1. The third-order valence-corrected chi connectivity index (χ3v) is 3.40. The first-order valence-electron chi connectivity index (χ1n) is 7.23. The molecular weight excluding hydrogens is 284 g/mol. The van der Waals surface area contributed by atoms with E-state index in [1.165, 1.54) is 4.90 Å². The number of benzene rings is 2. The molecule has 4 heteroatoms. The zero-order valence-electron chi connectivity index (χ0n) is 12.7. The third-order valence-electron chi connectivity index (χ3n) is 3.40. The lowest BCUT2D eigenvalue weighted by molar-refractivity contribution is -0.858. The summed E-state index contributed by atoms with van der Waals surface area (Å²) in [6.45, 7) is 1.89. The fourth-order valence-corrected chi connectivity index (χ4v) is 2.24. The molecule has 0 heterocycles. The number of quaternary nitrogens is 1. The van der Waals surface area contributed by atoms with Gasteiger partial charge in [0.2, 0.25) is 0 Å². The van der Waals surface area contributed by atoms with E-state index in [0.29, 0.717) is 0 Å². The van der Waals surface area contributed by atoms with Crippen LogP contribution in [-0.4, -0.2) is 33.1 Å². The third kappa shape index (κ3) is 5.37. The molecule has 0 bridgehead atoms. The van der Waals surface area contributed by atoms with Crippen LogP contribution < -0.4 is 22.6 Å². The highest BCUT2D eigenvalue weighted by molar-refractivity contribution is 5.98. The van der Waals surface area contributed by atoms with Gasteiger partial charge in [0.15, 0.2) is 0 Å². The molecule has 0 aliphatic carbocycles. The fourth-order valence-electron chi connectivity index (χ4n) is 2.24. The lowest BCUT2D eigenvalue weighted by Gasteiger charge is -2.08. The number of amides is 1. The molecule has 1 amide bonds. The highest BCUT2D eigenvalue weighted by Crippen LogP contribution is 2.15. The maximum absolute atomic E-state index is 12.1. The summed E-state index contributed by atoms with van der Waals surface area (Å²) in [5.74, 6) is 0.0213. The molecule has 0 aromatic heterocycles. The van der Waals surface area contributed by atoms with Crippen LogP contribution in [0.5, 0.6) is 0 Å². The second-order valence-corrected chi connectivity index (χ2v) is 5.48. The summed E-state index contributed by atoms with van der Waals surface area (Å²) < 4.78 is 0. The number of hydrogen-bond acceptors (Lipinski definition) is 1. The summed E-state index contributed by atoms with van der Waals surface area (Å²) in [6, 6.07) is 13.9. The Morgan fingerprint density at radius 2 is 1.76 bits per heavy atom. The molecule has 0 atom stereocenters. The van der Waals surface area contributed by atoms with E-state index in [1.807, 2.05) is 36.4 Å². The molecule has 2 N–H and O–H groups in total. The number of halogens is 1. The number of fused-ring (bicyclic) bond motifs is 1. The van der Waals surface area contributed by atoms with E-state index in [2.05, 4.69) is 25.5 Å². The molecule has 0 saturated heterocycles. The van der Waals surface area contributed by atoms with Gasteiger partial charge in [0.25, 0.3) is 5.91 Å². The van der Waals surface area contributed by atoms with E-state index in [4.69, 9.17) is 0 Å². The maximum atomic E-state index is 12.1. The van der Waals surface area contributed by atoms with Crippen molar-refractivity contribution in [3.05, 3.63) is 48.0 Å². The van der Waals surface area contributed by atoms with Crippen molar-refractivity contribution in [1.29, 1.82) is 0 Å². The van der Waals surface area contributed by atoms with Gasteiger partial charge < -0.3 is 22.6 Å². The van der Waals surface area contributed by atoms with Crippen molar-refractivity contribution < 1.29 is 22.1 Å². The average Bonchev–Trinajstić information content (AvgIpc) is 2.46. The monoisotopic (exact) mass is 306 g/mol. The van der Waals surface area contributed by atoms with Crippen molar-refractivity contribution in [2.75, 3.05) is 27.2 Å². The van der Waals surface area contributed by atoms with Gasteiger partial charge in [0.05, 0.1) is 20.6 Å². The van der Waals surface area contributed by atoms with Gasteiger partial charge in [-0.1, -0.05) is 30.3 Å².